The molecule has 3 nitrogen and oxygen atoms in total. The van der Waals surface area contributed by atoms with Crippen LogP contribution in [0, 0.1) is 13.8 Å². The van der Waals surface area contributed by atoms with Crippen molar-refractivity contribution in [1.82, 2.24) is 14.3 Å². The lowest BCUT2D eigenvalue weighted by atomic mass is 10.1. The summed E-state index contributed by atoms with van der Waals surface area (Å²) in [6, 6.07) is 11.1. The first-order valence-electron chi connectivity index (χ1n) is 7.87. The molecule has 2 aromatic heterocycles. The van der Waals surface area contributed by atoms with Gasteiger partial charge in [0.2, 0.25) is 0 Å². The molecule has 0 unspecified atom stereocenters. The maximum absolute atomic E-state index is 4.34. The number of hydrogen-bond acceptors (Lipinski definition) is 1. The Morgan fingerprint density at radius 1 is 1.00 bits per heavy atom. The molecule has 1 aromatic carbocycles. The fourth-order valence-electron chi connectivity index (χ4n) is 2.85. The lowest BCUT2D eigenvalue weighted by Crippen LogP contribution is -2.03. The molecule has 0 spiro atoms. The molecule has 0 N–H and O–H groups in total. The topological polar surface area (TPSA) is 22.8 Å². The number of nitrogens with zero attached hydrogens (tertiary/aromatic N) is 3. The lowest BCUT2D eigenvalue weighted by Gasteiger charge is -2.09. The summed E-state index contributed by atoms with van der Waals surface area (Å²) in [4.78, 5) is 0. The van der Waals surface area contributed by atoms with Gasteiger partial charge in [-0.05, 0) is 49.1 Å². The summed E-state index contributed by atoms with van der Waals surface area (Å²) in [5.74, 6) is 0. The van der Waals surface area contributed by atoms with Gasteiger partial charge in [0.25, 0.3) is 0 Å². The number of aryl methyl sites for hydroxylation is 3. The fourth-order valence-corrected chi connectivity index (χ4v) is 2.85. The van der Waals surface area contributed by atoms with E-state index in [-0.39, 0.29) is 0 Å². The Kier molecular flexibility index (Phi) is 4.14. The zero-order chi connectivity index (χ0) is 15.5. The molecule has 22 heavy (non-hydrogen) atoms. The first-order valence-corrected chi connectivity index (χ1v) is 7.87. The van der Waals surface area contributed by atoms with Crippen LogP contribution in [0.2, 0.25) is 0 Å². The third kappa shape index (κ3) is 3.14. The van der Waals surface area contributed by atoms with Gasteiger partial charge in [-0.3, -0.25) is 4.68 Å². The smallest absolute Gasteiger partial charge is 0.0659 e. The van der Waals surface area contributed by atoms with Crippen molar-refractivity contribution in [3.05, 3.63) is 76.9 Å². The van der Waals surface area contributed by atoms with Crippen LogP contribution in [0.25, 0.3) is 0 Å². The Hall–Kier alpha value is -2.29. The quantitative estimate of drug-likeness (QED) is 0.698. The number of aromatic nitrogens is 3. The van der Waals surface area contributed by atoms with Crippen LogP contribution in [0.4, 0.5) is 0 Å². The van der Waals surface area contributed by atoms with Crippen molar-refractivity contribution in [2.24, 2.45) is 0 Å². The summed E-state index contributed by atoms with van der Waals surface area (Å²) in [6.07, 6.45) is 7.15. The van der Waals surface area contributed by atoms with Crippen LogP contribution in [0.3, 0.4) is 0 Å². The van der Waals surface area contributed by atoms with Gasteiger partial charge in [0.1, 0.15) is 0 Å². The molecule has 3 aromatic rings. The summed E-state index contributed by atoms with van der Waals surface area (Å²) < 4.78 is 4.31. The molecule has 0 amide bonds. The molecule has 114 valence electrons. The van der Waals surface area contributed by atoms with Gasteiger partial charge in [0.05, 0.1) is 12.7 Å². The largest absolute Gasteiger partial charge is 0.351 e. The van der Waals surface area contributed by atoms with E-state index in [1.165, 1.54) is 27.9 Å². The normalized spacial score (nSPS) is 11.0. The number of benzene rings is 1. The lowest BCUT2D eigenvalue weighted by molar-refractivity contribution is 0.686. The van der Waals surface area contributed by atoms with Crippen molar-refractivity contribution in [3.63, 3.8) is 0 Å². The van der Waals surface area contributed by atoms with E-state index in [1.54, 1.807) is 0 Å². The minimum Gasteiger partial charge on any atom is -0.351 e. The summed E-state index contributed by atoms with van der Waals surface area (Å²) in [7, 11) is 0. The van der Waals surface area contributed by atoms with Gasteiger partial charge in [0.15, 0.2) is 0 Å². The first kappa shape index (κ1) is 14.6. The van der Waals surface area contributed by atoms with Crippen molar-refractivity contribution >= 4 is 0 Å². The average molecular weight is 293 g/mol. The Bertz CT molecular complexity index is 747. The van der Waals surface area contributed by atoms with Crippen molar-refractivity contribution in [1.29, 1.82) is 0 Å². The van der Waals surface area contributed by atoms with Crippen LogP contribution in [-0.4, -0.2) is 14.3 Å². The van der Waals surface area contributed by atoms with Gasteiger partial charge in [-0.2, -0.15) is 5.10 Å². The molecule has 0 saturated heterocycles. The standard InChI is InChI=1S/C19H23N3/c1-4-21-10-9-16(3)19(21)11-17-5-7-18(8-6-17)14-22-13-15(2)12-20-22/h5-10,12-13H,4,11,14H2,1-3H3. The molecule has 0 atom stereocenters. The van der Waals surface area contributed by atoms with Gasteiger partial charge >= 0.3 is 0 Å². The monoisotopic (exact) mass is 293 g/mol. The van der Waals surface area contributed by atoms with E-state index >= 15 is 0 Å². The van der Waals surface area contributed by atoms with Crippen LogP contribution in [-0.2, 0) is 19.5 Å². The van der Waals surface area contributed by atoms with Gasteiger partial charge in [0, 0.05) is 31.1 Å². The van der Waals surface area contributed by atoms with Crippen molar-refractivity contribution in [2.75, 3.05) is 0 Å². The summed E-state index contributed by atoms with van der Waals surface area (Å²) in [5, 5.41) is 4.34. The Balaban J connectivity index is 1.72. The molecule has 0 aliphatic carbocycles. The highest BCUT2D eigenvalue weighted by Gasteiger charge is 2.06. The van der Waals surface area contributed by atoms with E-state index in [2.05, 4.69) is 73.2 Å². The number of rotatable bonds is 5. The van der Waals surface area contributed by atoms with E-state index < -0.39 is 0 Å². The molecule has 2 heterocycles. The van der Waals surface area contributed by atoms with E-state index in [9.17, 15) is 0 Å². The first-order chi connectivity index (χ1) is 10.7. The predicted molar refractivity (Wildman–Crippen MR) is 90.2 cm³/mol. The van der Waals surface area contributed by atoms with E-state index in [0.29, 0.717) is 0 Å². The second kappa shape index (κ2) is 6.22. The van der Waals surface area contributed by atoms with Crippen molar-refractivity contribution in [2.45, 2.75) is 40.3 Å². The van der Waals surface area contributed by atoms with E-state index in [1.807, 2.05) is 10.9 Å². The maximum atomic E-state index is 4.34. The molecule has 0 saturated carbocycles. The highest BCUT2D eigenvalue weighted by molar-refractivity contribution is 5.30. The molecule has 0 bridgehead atoms. The van der Waals surface area contributed by atoms with Crippen molar-refractivity contribution in [3.8, 4) is 0 Å². The van der Waals surface area contributed by atoms with Gasteiger partial charge in [-0.15, -0.1) is 0 Å². The van der Waals surface area contributed by atoms with E-state index in [0.717, 1.165) is 19.5 Å². The van der Waals surface area contributed by atoms with Crippen LogP contribution in [0.1, 0.15) is 34.9 Å². The Morgan fingerprint density at radius 2 is 1.73 bits per heavy atom. The van der Waals surface area contributed by atoms with Crippen LogP contribution < -0.4 is 0 Å². The highest BCUT2D eigenvalue weighted by Crippen LogP contribution is 2.16. The predicted octanol–water partition coefficient (Wildman–Crippen LogP) is 3.96. The molecular weight excluding hydrogens is 270 g/mol. The third-order valence-electron chi connectivity index (χ3n) is 4.15. The minimum absolute atomic E-state index is 0.832. The molecule has 0 aliphatic rings. The number of hydrogen-bond donors (Lipinski definition) is 0. The third-order valence-corrected chi connectivity index (χ3v) is 4.15. The van der Waals surface area contributed by atoms with Crippen LogP contribution in [0.15, 0.2) is 48.9 Å². The second-order valence-electron chi connectivity index (χ2n) is 5.94. The van der Waals surface area contributed by atoms with Gasteiger partial charge in [-0.1, -0.05) is 24.3 Å². The van der Waals surface area contributed by atoms with Gasteiger partial charge in [-0.25, -0.2) is 0 Å². The SMILES string of the molecule is CCn1ccc(C)c1Cc1ccc(Cn2cc(C)cn2)cc1. The highest BCUT2D eigenvalue weighted by atomic mass is 15.3. The Labute approximate surface area is 132 Å². The summed E-state index contributed by atoms with van der Waals surface area (Å²) >= 11 is 0. The average Bonchev–Trinajstić information content (AvgIpc) is 3.08. The summed E-state index contributed by atoms with van der Waals surface area (Å²) in [6.45, 7) is 8.31. The maximum Gasteiger partial charge on any atom is 0.0659 e. The van der Waals surface area contributed by atoms with Crippen molar-refractivity contribution < 1.29 is 0 Å². The van der Waals surface area contributed by atoms with E-state index in [4.69, 9.17) is 0 Å². The molecule has 3 heteroatoms. The molecule has 0 radical (unpaired) electrons. The molecule has 0 fully saturated rings. The molecular formula is C19H23N3. The molecule has 3 rings (SSSR count). The zero-order valence-corrected chi connectivity index (χ0v) is 13.6. The fraction of sp³-hybridized carbons (Fsp3) is 0.316. The minimum atomic E-state index is 0.832. The van der Waals surface area contributed by atoms with Crippen LogP contribution in [0.5, 0.6) is 0 Å². The zero-order valence-electron chi connectivity index (χ0n) is 13.6. The summed E-state index contributed by atoms with van der Waals surface area (Å²) in [5.41, 5.74) is 6.63. The molecule has 0 aliphatic heterocycles. The van der Waals surface area contributed by atoms with Crippen LogP contribution >= 0.6 is 0 Å². The second-order valence-corrected chi connectivity index (χ2v) is 5.94. The van der Waals surface area contributed by atoms with Gasteiger partial charge < -0.3 is 4.57 Å². The Morgan fingerprint density at radius 3 is 2.36 bits per heavy atom.